The minimum atomic E-state index is 0.242. The lowest BCUT2D eigenvalue weighted by molar-refractivity contribution is -0.136. The maximum Gasteiger partial charge on any atom is 0.226 e. The first kappa shape index (κ1) is 18.3. The van der Waals surface area contributed by atoms with Gasteiger partial charge in [0, 0.05) is 31.4 Å². The molecular formula is C23H31N3O. The van der Waals surface area contributed by atoms with Gasteiger partial charge in [0.25, 0.3) is 0 Å². The van der Waals surface area contributed by atoms with Crippen LogP contribution < -0.4 is 0 Å². The van der Waals surface area contributed by atoms with Crippen molar-refractivity contribution < 1.29 is 4.79 Å². The van der Waals surface area contributed by atoms with E-state index in [1.807, 2.05) is 12.4 Å². The van der Waals surface area contributed by atoms with Crippen molar-refractivity contribution in [2.75, 3.05) is 6.54 Å². The van der Waals surface area contributed by atoms with Crippen molar-refractivity contribution in [3.8, 4) is 0 Å². The quantitative estimate of drug-likeness (QED) is 0.726. The van der Waals surface area contributed by atoms with Gasteiger partial charge in [-0.05, 0) is 56.6 Å². The van der Waals surface area contributed by atoms with Crippen LogP contribution in [0.1, 0.15) is 61.0 Å². The summed E-state index contributed by atoms with van der Waals surface area (Å²) in [5.74, 6) is 2.31. The second-order valence-electron chi connectivity index (χ2n) is 8.54. The van der Waals surface area contributed by atoms with Crippen LogP contribution in [0.25, 0.3) is 0 Å². The molecule has 0 radical (unpaired) electrons. The molecule has 2 aromatic rings. The van der Waals surface area contributed by atoms with Crippen LogP contribution in [0, 0.1) is 25.7 Å². The van der Waals surface area contributed by atoms with E-state index in [0.717, 1.165) is 31.8 Å². The van der Waals surface area contributed by atoms with Gasteiger partial charge in [-0.3, -0.25) is 4.79 Å². The molecule has 0 bridgehead atoms. The van der Waals surface area contributed by atoms with Gasteiger partial charge >= 0.3 is 0 Å². The number of rotatable bonds is 7. The highest BCUT2D eigenvalue weighted by atomic mass is 16.2. The molecule has 4 rings (SSSR count). The minimum absolute atomic E-state index is 0.242. The molecule has 0 unspecified atom stereocenters. The van der Waals surface area contributed by atoms with Gasteiger partial charge in [0.1, 0.15) is 5.82 Å². The van der Waals surface area contributed by atoms with Crippen LogP contribution in [0.5, 0.6) is 0 Å². The molecule has 2 aliphatic rings. The molecule has 4 nitrogen and oxygen atoms in total. The van der Waals surface area contributed by atoms with Crippen LogP contribution in [0.4, 0.5) is 0 Å². The maximum atomic E-state index is 13.1. The molecule has 0 saturated heterocycles. The molecule has 4 heteroatoms. The van der Waals surface area contributed by atoms with E-state index in [0.29, 0.717) is 18.4 Å². The van der Waals surface area contributed by atoms with E-state index in [4.69, 9.17) is 0 Å². The molecule has 0 aliphatic heterocycles. The first-order valence-electron chi connectivity index (χ1n) is 10.4. The van der Waals surface area contributed by atoms with Crippen molar-refractivity contribution in [3.63, 3.8) is 0 Å². The van der Waals surface area contributed by atoms with Crippen molar-refractivity contribution in [3.05, 3.63) is 53.1 Å². The number of amides is 1. The molecule has 2 saturated carbocycles. The third-order valence-electron chi connectivity index (χ3n) is 6.17. The minimum Gasteiger partial charge on any atom is -0.335 e. The zero-order chi connectivity index (χ0) is 18.8. The summed E-state index contributed by atoms with van der Waals surface area (Å²) in [5, 5.41) is 0. The SMILES string of the molecule is Cc1ccc(C)c(Cn2ccnc2CN(CC2CC2)C(=O)C2CCCC2)c1. The Morgan fingerprint density at radius 2 is 1.96 bits per heavy atom. The molecule has 2 fully saturated rings. The number of benzene rings is 1. The van der Waals surface area contributed by atoms with Gasteiger partial charge in [0.2, 0.25) is 5.91 Å². The van der Waals surface area contributed by atoms with Crippen LogP contribution in [-0.2, 0) is 17.9 Å². The number of hydrogen-bond acceptors (Lipinski definition) is 2. The number of aromatic nitrogens is 2. The van der Waals surface area contributed by atoms with Crippen molar-refractivity contribution in [2.45, 2.75) is 65.5 Å². The Bertz CT molecular complexity index is 800. The van der Waals surface area contributed by atoms with E-state index in [9.17, 15) is 4.79 Å². The third-order valence-corrected chi connectivity index (χ3v) is 6.17. The van der Waals surface area contributed by atoms with Crippen molar-refractivity contribution in [2.24, 2.45) is 11.8 Å². The molecule has 0 N–H and O–H groups in total. The lowest BCUT2D eigenvalue weighted by Crippen LogP contribution is -2.37. The highest BCUT2D eigenvalue weighted by Crippen LogP contribution is 2.33. The second kappa shape index (κ2) is 7.87. The summed E-state index contributed by atoms with van der Waals surface area (Å²) in [4.78, 5) is 19.8. The van der Waals surface area contributed by atoms with Gasteiger partial charge < -0.3 is 9.47 Å². The van der Waals surface area contributed by atoms with Gasteiger partial charge in [0.15, 0.2) is 0 Å². The molecule has 2 aliphatic carbocycles. The number of aryl methyl sites for hydroxylation is 2. The summed E-state index contributed by atoms with van der Waals surface area (Å²) in [5.41, 5.74) is 3.91. The van der Waals surface area contributed by atoms with Crippen LogP contribution in [0.3, 0.4) is 0 Å². The van der Waals surface area contributed by atoms with E-state index in [-0.39, 0.29) is 5.92 Å². The maximum absolute atomic E-state index is 13.1. The molecule has 144 valence electrons. The molecule has 1 heterocycles. The Kier molecular flexibility index (Phi) is 5.33. The van der Waals surface area contributed by atoms with Crippen LogP contribution in [-0.4, -0.2) is 26.9 Å². The lowest BCUT2D eigenvalue weighted by atomic mass is 10.1. The lowest BCUT2D eigenvalue weighted by Gasteiger charge is -2.26. The van der Waals surface area contributed by atoms with E-state index in [1.54, 1.807) is 0 Å². The Morgan fingerprint density at radius 1 is 1.19 bits per heavy atom. The number of nitrogens with zero attached hydrogens (tertiary/aromatic N) is 3. The molecule has 0 spiro atoms. The Hall–Kier alpha value is -2.10. The topological polar surface area (TPSA) is 38.1 Å². The average molecular weight is 366 g/mol. The number of hydrogen-bond donors (Lipinski definition) is 0. The van der Waals surface area contributed by atoms with Crippen LogP contribution >= 0.6 is 0 Å². The first-order valence-corrected chi connectivity index (χ1v) is 10.4. The van der Waals surface area contributed by atoms with Crippen molar-refractivity contribution in [1.82, 2.24) is 14.5 Å². The smallest absolute Gasteiger partial charge is 0.226 e. The summed E-state index contributed by atoms with van der Waals surface area (Å²) < 4.78 is 2.21. The zero-order valence-electron chi connectivity index (χ0n) is 16.7. The summed E-state index contributed by atoms with van der Waals surface area (Å²) >= 11 is 0. The van der Waals surface area contributed by atoms with Crippen molar-refractivity contribution in [1.29, 1.82) is 0 Å². The summed E-state index contributed by atoms with van der Waals surface area (Å²) in [6.45, 7) is 6.66. The number of carbonyl (C=O) groups is 1. The van der Waals surface area contributed by atoms with Crippen LogP contribution in [0.15, 0.2) is 30.6 Å². The largest absolute Gasteiger partial charge is 0.335 e. The van der Waals surface area contributed by atoms with Gasteiger partial charge in [-0.2, -0.15) is 0 Å². The van der Waals surface area contributed by atoms with Gasteiger partial charge in [-0.1, -0.05) is 36.6 Å². The monoisotopic (exact) mass is 365 g/mol. The number of imidazole rings is 1. The zero-order valence-corrected chi connectivity index (χ0v) is 16.7. The Morgan fingerprint density at radius 3 is 2.70 bits per heavy atom. The summed E-state index contributed by atoms with van der Waals surface area (Å²) in [6, 6.07) is 6.60. The normalized spacial score (nSPS) is 17.4. The number of carbonyl (C=O) groups excluding carboxylic acids is 1. The Balaban J connectivity index is 1.51. The predicted octanol–water partition coefficient (Wildman–Crippen LogP) is 4.48. The van der Waals surface area contributed by atoms with Gasteiger partial charge in [-0.25, -0.2) is 4.98 Å². The predicted molar refractivity (Wildman–Crippen MR) is 107 cm³/mol. The molecule has 1 amide bonds. The molecular weight excluding hydrogens is 334 g/mol. The van der Waals surface area contributed by atoms with Crippen molar-refractivity contribution >= 4 is 5.91 Å². The van der Waals surface area contributed by atoms with Gasteiger partial charge in [0.05, 0.1) is 6.54 Å². The van der Waals surface area contributed by atoms with E-state index in [1.165, 1.54) is 42.4 Å². The second-order valence-corrected chi connectivity index (χ2v) is 8.54. The van der Waals surface area contributed by atoms with E-state index >= 15 is 0 Å². The third kappa shape index (κ3) is 4.42. The highest BCUT2D eigenvalue weighted by molar-refractivity contribution is 5.79. The summed E-state index contributed by atoms with van der Waals surface area (Å²) in [7, 11) is 0. The van der Waals surface area contributed by atoms with E-state index < -0.39 is 0 Å². The highest BCUT2D eigenvalue weighted by Gasteiger charge is 2.32. The fourth-order valence-corrected chi connectivity index (χ4v) is 4.24. The van der Waals surface area contributed by atoms with E-state index in [2.05, 4.69) is 46.5 Å². The summed E-state index contributed by atoms with van der Waals surface area (Å²) in [6.07, 6.45) is 11.0. The first-order chi connectivity index (χ1) is 13.1. The van der Waals surface area contributed by atoms with Gasteiger partial charge in [-0.15, -0.1) is 0 Å². The molecule has 1 aromatic heterocycles. The molecule has 0 atom stereocenters. The van der Waals surface area contributed by atoms with Crippen LogP contribution in [0.2, 0.25) is 0 Å². The molecule has 27 heavy (non-hydrogen) atoms. The fourth-order valence-electron chi connectivity index (χ4n) is 4.24. The average Bonchev–Trinajstić information content (AvgIpc) is 3.12. The molecule has 1 aromatic carbocycles. The Labute approximate surface area is 162 Å². The standard InChI is InChI=1S/C23H31N3O/c1-17-7-8-18(2)21(13-17)15-25-12-11-24-22(25)16-26(14-19-9-10-19)23(27)20-5-3-4-6-20/h7-8,11-13,19-20H,3-6,9-10,14-16H2,1-2H3. The fraction of sp³-hybridized carbons (Fsp3) is 0.565.